The lowest BCUT2D eigenvalue weighted by Gasteiger charge is -2.26. The van der Waals surface area contributed by atoms with Crippen LogP contribution in [0.4, 0.5) is 0 Å². The monoisotopic (exact) mass is 123 g/mol. The van der Waals surface area contributed by atoms with Gasteiger partial charge in [-0.1, -0.05) is 6.08 Å². The van der Waals surface area contributed by atoms with Gasteiger partial charge in [-0.25, -0.2) is 0 Å². The fraction of sp³-hybridized carbons (Fsp3) is 0.750. The highest BCUT2D eigenvalue weighted by molar-refractivity contribution is 4.92. The van der Waals surface area contributed by atoms with Gasteiger partial charge in [0, 0.05) is 13.1 Å². The Morgan fingerprint density at radius 2 is 2.00 bits per heavy atom. The van der Waals surface area contributed by atoms with Crippen molar-refractivity contribution in [1.29, 1.82) is 0 Å². The Bertz CT molecular complexity index is 121. The highest BCUT2D eigenvalue weighted by Gasteiger charge is 2.18. The van der Waals surface area contributed by atoms with Crippen molar-refractivity contribution in [2.45, 2.75) is 19.3 Å². The van der Waals surface area contributed by atoms with Gasteiger partial charge in [0.25, 0.3) is 0 Å². The van der Waals surface area contributed by atoms with Gasteiger partial charge in [-0.3, -0.25) is 0 Å². The molecule has 3 heterocycles. The molecule has 9 heavy (non-hydrogen) atoms. The van der Waals surface area contributed by atoms with Crippen molar-refractivity contribution in [2.24, 2.45) is 5.92 Å². The quantitative estimate of drug-likeness (QED) is 0.473. The standard InChI is InChI=1S/C8H13N/c1-2-8-3-6-9(5-1)7-4-8/h1,5,8H,2-4,6-7H2. The summed E-state index contributed by atoms with van der Waals surface area (Å²) in [5, 5.41) is 0. The van der Waals surface area contributed by atoms with Crippen molar-refractivity contribution in [2.75, 3.05) is 13.1 Å². The summed E-state index contributed by atoms with van der Waals surface area (Å²) in [6.07, 6.45) is 8.77. The summed E-state index contributed by atoms with van der Waals surface area (Å²) in [4.78, 5) is 2.43. The molecule has 3 aliphatic heterocycles. The molecule has 0 spiro atoms. The van der Waals surface area contributed by atoms with Crippen LogP contribution in [0, 0.1) is 5.92 Å². The lowest BCUT2D eigenvalue weighted by Crippen LogP contribution is -2.26. The molecule has 0 aromatic carbocycles. The van der Waals surface area contributed by atoms with Gasteiger partial charge in [-0.2, -0.15) is 0 Å². The summed E-state index contributed by atoms with van der Waals surface area (Å²) in [5.74, 6) is 1.01. The third-order valence-corrected chi connectivity index (χ3v) is 2.43. The topological polar surface area (TPSA) is 3.24 Å². The molecule has 3 aliphatic rings. The summed E-state index contributed by atoms with van der Waals surface area (Å²) in [6.45, 7) is 2.61. The van der Waals surface area contributed by atoms with Crippen molar-refractivity contribution in [3.05, 3.63) is 12.3 Å². The first-order chi connectivity index (χ1) is 4.45. The zero-order valence-corrected chi connectivity index (χ0v) is 5.71. The maximum atomic E-state index is 2.43. The van der Waals surface area contributed by atoms with E-state index in [2.05, 4.69) is 17.2 Å². The molecule has 0 N–H and O–H groups in total. The van der Waals surface area contributed by atoms with Crippen molar-refractivity contribution >= 4 is 0 Å². The second-order valence-electron chi connectivity index (χ2n) is 3.10. The molecule has 1 heteroatoms. The van der Waals surface area contributed by atoms with Crippen molar-refractivity contribution in [3.8, 4) is 0 Å². The minimum atomic E-state index is 1.01. The van der Waals surface area contributed by atoms with Gasteiger partial charge in [0.2, 0.25) is 0 Å². The molecular weight excluding hydrogens is 110 g/mol. The van der Waals surface area contributed by atoms with Crippen molar-refractivity contribution in [3.63, 3.8) is 0 Å². The van der Waals surface area contributed by atoms with Crippen LogP contribution < -0.4 is 0 Å². The molecule has 0 aromatic heterocycles. The van der Waals surface area contributed by atoms with Crippen LogP contribution in [0.15, 0.2) is 12.3 Å². The minimum Gasteiger partial charge on any atom is -0.378 e. The van der Waals surface area contributed by atoms with Gasteiger partial charge < -0.3 is 4.90 Å². The lowest BCUT2D eigenvalue weighted by atomic mass is 9.96. The van der Waals surface area contributed by atoms with E-state index in [4.69, 9.17) is 0 Å². The van der Waals surface area contributed by atoms with Crippen molar-refractivity contribution in [1.82, 2.24) is 4.90 Å². The summed E-state index contributed by atoms with van der Waals surface area (Å²) < 4.78 is 0. The molecule has 1 saturated heterocycles. The Hall–Kier alpha value is -0.460. The van der Waals surface area contributed by atoms with E-state index in [1.165, 1.54) is 32.4 Å². The lowest BCUT2D eigenvalue weighted by molar-refractivity contribution is 0.260. The Morgan fingerprint density at radius 3 is 2.78 bits per heavy atom. The predicted octanol–water partition coefficient (Wildman–Crippen LogP) is 1.62. The zero-order valence-electron chi connectivity index (χ0n) is 5.71. The maximum Gasteiger partial charge on any atom is 0.0175 e. The van der Waals surface area contributed by atoms with Crippen LogP contribution in [-0.2, 0) is 0 Å². The Kier molecular flexibility index (Phi) is 1.22. The van der Waals surface area contributed by atoms with E-state index >= 15 is 0 Å². The number of hydrogen-bond acceptors (Lipinski definition) is 1. The van der Waals surface area contributed by atoms with Gasteiger partial charge in [0.1, 0.15) is 0 Å². The van der Waals surface area contributed by atoms with Crippen LogP contribution in [0.3, 0.4) is 0 Å². The smallest absolute Gasteiger partial charge is 0.0175 e. The maximum absolute atomic E-state index is 2.43. The molecule has 50 valence electrons. The minimum absolute atomic E-state index is 1.01. The van der Waals surface area contributed by atoms with Crippen LogP contribution in [0.5, 0.6) is 0 Å². The molecule has 0 radical (unpaired) electrons. The van der Waals surface area contributed by atoms with E-state index in [0.717, 1.165) is 5.92 Å². The van der Waals surface area contributed by atoms with Gasteiger partial charge in [0.15, 0.2) is 0 Å². The Labute approximate surface area is 56.4 Å². The van der Waals surface area contributed by atoms with E-state index in [1.807, 2.05) is 0 Å². The fourth-order valence-electron chi connectivity index (χ4n) is 1.74. The van der Waals surface area contributed by atoms with Gasteiger partial charge in [-0.15, -0.1) is 0 Å². The number of rotatable bonds is 0. The van der Waals surface area contributed by atoms with Gasteiger partial charge >= 0.3 is 0 Å². The number of allylic oxidation sites excluding steroid dienone is 1. The Balaban J connectivity index is 2.13. The van der Waals surface area contributed by atoms with E-state index < -0.39 is 0 Å². The third-order valence-electron chi connectivity index (χ3n) is 2.43. The molecule has 1 fully saturated rings. The normalized spacial score (nSPS) is 26.9. The zero-order chi connectivity index (χ0) is 6.10. The molecule has 1 nitrogen and oxygen atoms in total. The number of nitrogens with zero attached hydrogens (tertiary/aromatic N) is 1. The first-order valence-corrected chi connectivity index (χ1v) is 3.86. The predicted molar refractivity (Wildman–Crippen MR) is 38.1 cm³/mol. The van der Waals surface area contributed by atoms with Crippen LogP contribution in [0.2, 0.25) is 0 Å². The molecular formula is C8H13N. The van der Waals surface area contributed by atoms with Crippen LogP contribution in [-0.4, -0.2) is 18.0 Å². The Morgan fingerprint density at radius 1 is 1.22 bits per heavy atom. The van der Waals surface area contributed by atoms with E-state index in [9.17, 15) is 0 Å². The number of piperidine rings is 1. The van der Waals surface area contributed by atoms with Gasteiger partial charge in [0.05, 0.1) is 0 Å². The van der Waals surface area contributed by atoms with Crippen LogP contribution in [0.1, 0.15) is 19.3 Å². The largest absolute Gasteiger partial charge is 0.378 e. The van der Waals surface area contributed by atoms with Crippen molar-refractivity contribution < 1.29 is 0 Å². The first kappa shape index (κ1) is 5.33. The number of hydrogen-bond donors (Lipinski definition) is 0. The molecule has 0 atom stereocenters. The molecule has 0 aliphatic carbocycles. The van der Waals surface area contributed by atoms with Crippen LogP contribution >= 0.6 is 0 Å². The summed E-state index contributed by atoms with van der Waals surface area (Å²) in [6, 6.07) is 0. The van der Waals surface area contributed by atoms with E-state index in [-0.39, 0.29) is 0 Å². The molecule has 0 saturated carbocycles. The fourth-order valence-corrected chi connectivity index (χ4v) is 1.74. The molecule has 0 aromatic rings. The molecule has 3 rings (SSSR count). The highest BCUT2D eigenvalue weighted by atomic mass is 15.1. The average Bonchev–Trinajstić information content (AvgIpc) is 2.21. The first-order valence-electron chi connectivity index (χ1n) is 3.86. The van der Waals surface area contributed by atoms with Crippen LogP contribution in [0.25, 0.3) is 0 Å². The second-order valence-corrected chi connectivity index (χ2v) is 3.10. The second kappa shape index (κ2) is 2.05. The molecule has 2 bridgehead atoms. The number of fused-ring (bicyclic) bond motifs is 3. The molecule has 0 unspecified atom stereocenters. The SMILES string of the molecule is C1=CN2CCC(C1)CC2. The summed E-state index contributed by atoms with van der Waals surface area (Å²) in [7, 11) is 0. The third kappa shape index (κ3) is 0.958. The highest BCUT2D eigenvalue weighted by Crippen LogP contribution is 2.24. The summed E-state index contributed by atoms with van der Waals surface area (Å²) in [5.41, 5.74) is 0. The summed E-state index contributed by atoms with van der Waals surface area (Å²) >= 11 is 0. The van der Waals surface area contributed by atoms with Gasteiger partial charge in [-0.05, 0) is 31.4 Å². The van der Waals surface area contributed by atoms with E-state index in [1.54, 1.807) is 0 Å². The van der Waals surface area contributed by atoms with E-state index in [0.29, 0.717) is 0 Å². The molecule has 0 amide bonds. The average molecular weight is 123 g/mol.